The topological polar surface area (TPSA) is 42.8 Å². The van der Waals surface area contributed by atoms with Crippen LogP contribution in [-0.2, 0) is 17.7 Å². The molecule has 1 aromatic heterocycles. The molecule has 2 rings (SSSR count). The van der Waals surface area contributed by atoms with E-state index in [9.17, 15) is 0 Å². The number of aryl methyl sites for hydroxylation is 1. The first-order chi connectivity index (χ1) is 10.8. The van der Waals surface area contributed by atoms with Crippen LogP contribution in [0.25, 0.3) is 0 Å². The molecule has 124 valence electrons. The SMILES string of the molecule is C=CCCCCCCCCc1n[nH]c(=S)n1C[C@@H]1CCCO1. The van der Waals surface area contributed by atoms with Crippen LogP contribution in [0.4, 0.5) is 0 Å². The lowest BCUT2D eigenvalue weighted by Crippen LogP contribution is -2.17. The van der Waals surface area contributed by atoms with Gasteiger partial charge in [-0.05, 0) is 44.3 Å². The van der Waals surface area contributed by atoms with Crippen molar-refractivity contribution in [1.29, 1.82) is 0 Å². The van der Waals surface area contributed by atoms with Crippen LogP contribution < -0.4 is 0 Å². The highest BCUT2D eigenvalue weighted by molar-refractivity contribution is 7.71. The van der Waals surface area contributed by atoms with Gasteiger partial charge in [0.15, 0.2) is 4.77 Å². The molecule has 1 N–H and O–H groups in total. The maximum Gasteiger partial charge on any atom is 0.195 e. The van der Waals surface area contributed by atoms with Gasteiger partial charge in [-0.1, -0.05) is 31.8 Å². The van der Waals surface area contributed by atoms with E-state index in [0.717, 1.165) is 49.4 Å². The van der Waals surface area contributed by atoms with Crippen molar-refractivity contribution in [2.75, 3.05) is 6.61 Å². The highest BCUT2D eigenvalue weighted by Gasteiger charge is 2.18. The third kappa shape index (κ3) is 5.69. The molecule has 0 spiro atoms. The summed E-state index contributed by atoms with van der Waals surface area (Å²) in [7, 11) is 0. The highest BCUT2D eigenvalue weighted by atomic mass is 32.1. The second-order valence-electron chi connectivity index (χ2n) is 6.14. The predicted molar refractivity (Wildman–Crippen MR) is 92.6 cm³/mol. The zero-order valence-corrected chi connectivity index (χ0v) is 14.4. The van der Waals surface area contributed by atoms with Gasteiger partial charge in [0.05, 0.1) is 12.6 Å². The largest absolute Gasteiger partial charge is 0.376 e. The van der Waals surface area contributed by atoms with Crippen LogP contribution in [-0.4, -0.2) is 27.5 Å². The second kappa shape index (κ2) is 9.95. The monoisotopic (exact) mass is 323 g/mol. The van der Waals surface area contributed by atoms with Crippen molar-refractivity contribution in [3.8, 4) is 0 Å². The third-order valence-electron chi connectivity index (χ3n) is 4.31. The predicted octanol–water partition coefficient (Wildman–Crippen LogP) is 4.58. The summed E-state index contributed by atoms with van der Waals surface area (Å²) in [6, 6.07) is 0. The van der Waals surface area contributed by atoms with Crippen LogP contribution in [0.3, 0.4) is 0 Å². The van der Waals surface area contributed by atoms with Crippen LogP contribution in [0.2, 0.25) is 0 Å². The zero-order valence-electron chi connectivity index (χ0n) is 13.6. The number of allylic oxidation sites excluding steroid dienone is 1. The maximum atomic E-state index is 5.71. The molecule has 1 aliphatic heterocycles. The number of unbranched alkanes of at least 4 members (excludes halogenated alkanes) is 6. The molecule has 0 amide bonds. The van der Waals surface area contributed by atoms with Crippen LogP contribution in [0.1, 0.15) is 63.6 Å². The summed E-state index contributed by atoms with van der Waals surface area (Å²) in [6.45, 7) is 5.50. The summed E-state index contributed by atoms with van der Waals surface area (Å²) in [5.41, 5.74) is 0. The first kappa shape index (κ1) is 17.4. The van der Waals surface area contributed by atoms with Crippen molar-refractivity contribution < 1.29 is 4.74 Å². The molecule has 1 aliphatic rings. The van der Waals surface area contributed by atoms with E-state index in [4.69, 9.17) is 17.0 Å². The van der Waals surface area contributed by atoms with E-state index in [2.05, 4.69) is 21.3 Å². The Morgan fingerprint density at radius 3 is 2.77 bits per heavy atom. The first-order valence-electron chi connectivity index (χ1n) is 8.68. The lowest BCUT2D eigenvalue weighted by atomic mass is 10.1. The molecular formula is C17H29N3OS. The van der Waals surface area contributed by atoms with Crippen molar-refractivity contribution in [2.45, 2.75) is 76.9 Å². The minimum absolute atomic E-state index is 0.313. The Morgan fingerprint density at radius 2 is 2.05 bits per heavy atom. The lowest BCUT2D eigenvalue weighted by molar-refractivity contribution is 0.0958. The fraction of sp³-hybridized carbons (Fsp3) is 0.765. The van der Waals surface area contributed by atoms with E-state index >= 15 is 0 Å². The third-order valence-corrected chi connectivity index (χ3v) is 4.62. The number of hydrogen-bond acceptors (Lipinski definition) is 3. The summed E-state index contributed by atoms with van der Waals surface area (Å²) in [5.74, 6) is 1.09. The van der Waals surface area contributed by atoms with Crippen LogP contribution >= 0.6 is 12.2 Å². The van der Waals surface area contributed by atoms with Crippen molar-refractivity contribution in [2.24, 2.45) is 0 Å². The van der Waals surface area contributed by atoms with Gasteiger partial charge >= 0.3 is 0 Å². The van der Waals surface area contributed by atoms with E-state index in [1.165, 1.54) is 38.5 Å². The molecule has 0 aliphatic carbocycles. The molecular weight excluding hydrogens is 294 g/mol. The summed E-state index contributed by atoms with van der Waals surface area (Å²) in [5, 5.41) is 7.33. The Kier molecular flexibility index (Phi) is 7.88. The van der Waals surface area contributed by atoms with E-state index in [1.54, 1.807) is 0 Å². The fourth-order valence-corrected chi connectivity index (χ4v) is 3.23. The molecule has 22 heavy (non-hydrogen) atoms. The summed E-state index contributed by atoms with van der Waals surface area (Å²) < 4.78 is 8.58. The Morgan fingerprint density at radius 1 is 1.27 bits per heavy atom. The lowest BCUT2D eigenvalue weighted by Gasteiger charge is -2.12. The first-order valence-corrected chi connectivity index (χ1v) is 9.08. The quantitative estimate of drug-likeness (QED) is 0.368. The van der Waals surface area contributed by atoms with Gasteiger partial charge in [0, 0.05) is 13.0 Å². The number of H-pyrrole nitrogens is 1. The number of aromatic amines is 1. The molecule has 0 bridgehead atoms. The average molecular weight is 324 g/mol. The fourth-order valence-electron chi connectivity index (χ4n) is 3.00. The molecule has 1 aromatic rings. The average Bonchev–Trinajstić information content (AvgIpc) is 3.14. The van der Waals surface area contributed by atoms with Gasteiger partial charge in [0.2, 0.25) is 0 Å². The molecule has 4 nitrogen and oxygen atoms in total. The van der Waals surface area contributed by atoms with Gasteiger partial charge in [0.1, 0.15) is 5.82 Å². The Hall–Kier alpha value is -0.940. The van der Waals surface area contributed by atoms with Crippen molar-refractivity contribution in [3.05, 3.63) is 23.3 Å². The molecule has 0 radical (unpaired) electrons. The maximum absolute atomic E-state index is 5.71. The molecule has 1 saturated heterocycles. The van der Waals surface area contributed by atoms with Crippen molar-refractivity contribution in [1.82, 2.24) is 14.8 Å². The van der Waals surface area contributed by atoms with Crippen LogP contribution in [0, 0.1) is 4.77 Å². The number of hydrogen-bond donors (Lipinski definition) is 1. The Labute approximate surface area is 139 Å². The van der Waals surface area contributed by atoms with Crippen LogP contribution in [0.5, 0.6) is 0 Å². The summed E-state index contributed by atoms with van der Waals surface area (Å²) >= 11 is 5.35. The van der Waals surface area contributed by atoms with Crippen LogP contribution in [0.15, 0.2) is 12.7 Å². The number of ether oxygens (including phenoxy) is 1. The molecule has 2 heterocycles. The molecule has 1 atom stereocenters. The summed E-state index contributed by atoms with van der Waals surface area (Å²) in [4.78, 5) is 0. The second-order valence-corrected chi connectivity index (χ2v) is 6.53. The van der Waals surface area contributed by atoms with Gasteiger partial charge in [0.25, 0.3) is 0 Å². The van der Waals surface area contributed by atoms with E-state index in [0.29, 0.717) is 6.10 Å². The molecule has 5 heteroatoms. The molecule has 0 saturated carbocycles. The standard InChI is InChI=1S/C17H29N3OS/c1-2-3-4-5-6-7-8-9-12-16-18-19-17(22)20(16)14-15-11-10-13-21-15/h2,15H,1,3-14H2,(H,19,22)/t15-/m0/s1. The van der Waals surface area contributed by atoms with Gasteiger partial charge in [-0.3, -0.25) is 5.10 Å². The minimum atomic E-state index is 0.313. The molecule has 0 unspecified atom stereocenters. The molecule has 1 fully saturated rings. The van der Waals surface area contributed by atoms with Crippen molar-refractivity contribution in [3.63, 3.8) is 0 Å². The highest BCUT2D eigenvalue weighted by Crippen LogP contribution is 2.16. The zero-order chi connectivity index (χ0) is 15.6. The van der Waals surface area contributed by atoms with Gasteiger partial charge < -0.3 is 9.30 Å². The van der Waals surface area contributed by atoms with E-state index in [1.807, 2.05) is 6.08 Å². The van der Waals surface area contributed by atoms with Gasteiger partial charge in [-0.25, -0.2) is 0 Å². The van der Waals surface area contributed by atoms with Gasteiger partial charge in [-0.2, -0.15) is 5.10 Å². The van der Waals surface area contributed by atoms with Gasteiger partial charge in [-0.15, -0.1) is 6.58 Å². The van der Waals surface area contributed by atoms with Crippen molar-refractivity contribution >= 4 is 12.2 Å². The Balaban J connectivity index is 1.67. The van der Waals surface area contributed by atoms with E-state index in [-0.39, 0.29) is 0 Å². The summed E-state index contributed by atoms with van der Waals surface area (Å²) in [6.07, 6.45) is 14.5. The number of nitrogens with one attached hydrogen (secondary N) is 1. The van der Waals surface area contributed by atoms with E-state index < -0.39 is 0 Å². The number of rotatable bonds is 11. The number of aromatic nitrogens is 3. The smallest absolute Gasteiger partial charge is 0.195 e. The Bertz CT molecular complexity index is 488. The number of nitrogens with zero attached hydrogens (tertiary/aromatic N) is 2. The molecule has 0 aromatic carbocycles. The normalized spacial score (nSPS) is 17.9. The minimum Gasteiger partial charge on any atom is -0.376 e.